The van der Waals surface area contributed by atoms with Gasteiger partial charge in [0, 0.05) is 62.7 Å². The Morgan fingerprint density at radius 1 is 1.15 bits per heavy atom. The molecule has 2 aromatic heterocycles. The molecule has 40 heavy (non-hydrogen) atoms. The molecule has 2 amide bonds. The lowest BCUT2D eigenvalue weighted by Gasteiger charge is -2.35. The second-order valence-electron chi connectivity index (χ2n) is 9.93. The number of fused-ring (bicyclic) bond motifs is 1. The maximum absolute atomic E-state index is 13.4. The van der Waals surface area contributed by atoms with Crippen LogP contribution < -0.4 is 16.5 Å². The second kappa shape index (κ2) is 10.9. The van der Waals surface area contributed by atoms with E-state index < -0.39 is 0 Å². The van der Waals surface area contributed by atoms with Gasteiger partial charge in [0.2, 0.25) is 5.95 Å². The van der Waals surface area contributed by atoms with E-state index >= 15 is 0 Å². The highest BCUT2D eigenvalue weighted by Gasteiger charge is 2.32. The first-order chi connectivity index (χ1) is 19.5. The number of carbonyl (C=O) groups is 2. The van der Waals surface area contributed by atoms with Crippen LogP contribution in [0, 0.1) is 0 Å². The number of hydrogen-bond donors (Lipinski definition) is 3. The van der Waals surface area contributed by atoms with Gasteiger partial charge in [-0.1, -0.05) is 0 Å². The topological polar surface area (TPSA) is 140 Å². The van der Waals surface area contributed by atoms with Crippen molar-refractivity contribution in [1.82, 2.24) is 29.8 Å². The van der Waals surface area contributed by atoms with Crippen LogP contribution in [-0.4, -0.2) is 88.8 Å². The van der Waals surface area contributed by atoms with Crippen molar-refractivity contribution in [2.75, 3.05) is 57.6 Å². The normalized spacial score (nSPS) is 19.2. The predicted molar refractivity (Wildman–Crippen MR) is 150 cm³/mol. The van der Waals surface area contributed by atoms with E-state index in [1.165, 1.54) is 4.68 Å². The number of piperazine rings is 1. The fraction of sp³-hybridized carbons (Fsp3) is 0.357. The SMILES string of the molecule is COC1=CCNC(c2ccnc(Nc3ccc4c(c3)cc(C(=O)N3CCN(C(=O)[C@@H]5CCCO5)CC3)n4N)n2)=C1. The summed E-state index contributed by atoms with van der Waals surface area (Å²) >= 11 is 0. The van der Waals surface area contributed by atoms with Crippen molar-refractivity contribution in [3.05, 3.63) is 65.8 Å². The number of nitrogen functional groups attached to an aromatic ring is 1. The molecule has 1 aromatic carbocycles. The molecule has 5 heterocycles. The number of hydrogen-bond acceptors (Lipinski definition) is 9. The van der Waals surface area contributed by atoms with Crippen LogP contribution >= 0.6 is 0 Å². The van der Waals surface area contributed by atoms with Crippen molar-refractivity contribution in [3.8, 4) is 0 Å². The molecule has 208 valence electrons. The van der Waals surface area contributed by atoms with Gasteiger partial charge < -0.3 is 35.7 Å². The Labute approximate surface area is 231 Å². The lowest BCUT2D eigenvalue weighted by Crippen LogP contribution is -2.53. The molecule has 4 N–H and O–H groups in total. The number of nitrogens with one attached hydrogen (secondary N) is 2. The number of allylic oxidation sites excluding steroid dienone is 1. The minimum atomic E-state index is -0.341. The van der Waals surface area contributed by atoms with Crippen LogP contribution in [0.25, 0.3) is 16.6 Å². The highest BCUT2D eigenvalue weighted by Crippen LogP contribution is 2.25. The van der Waals surface area contributed by atoms with Crippen molar-refractivity contribution in [3.63, 3.8) is 0 Å². The highest BCUT2D eigenvalue weighted by molar-refractivity contribution is 5.99. The average Bonchev–Trinajstić information content (AvgIpc) is 3.65. The molecule has 3 aliphatic heterocycles. The summed E-state index contributed by atoms with van der Waals surface area (Å²) in [7, 11) is 1.64. The molecule has 0 aliphatic carbocycles. The van der Waals surface area contributed by atoms with Crippen molar-refractivity contribution in [2.45, 2.75) is 18.9 Å². The molecule has 12 heteroatoms. The number of amides is 2. The van der Waals surface area contributed by atoms with Gasteiger partial charge in [-0.15, -0.1) is 0 Å². The summed E-state index contributed by atoms with van der Waals surface area (Å²) in [5.74, 6) is 7.42. The molecule has 3 aliphatic rings. The van der Waals surface area contributed by atoms with E-state index in [4.69, 9.17) is 15.3 Å². The number of rotatable bonds is 6. The number of methoxy groups -OCH3 is 1. The summed E-state index contributed by atoms with van der Waals surface area (Å²) in [6, 6.07) is 9.26. The standard InChI is InChI=1S/C28H32N8O4/c1-39-20-6-8-30-22(17-20)21-7-9-31-28(33-21)32-19-4-5-23-18(15-19)16-24(36(23)29)26(37)34-10-12-35(13-11-34)27(38)25-3-2-14-40-25/h4-7,9,15-17,25,30H,2-3,8,10-14,29H2,1H3,(H,31,32,33)/t25-/m0/s1. The number of benzene rings is 1. The summed E-state index contributed by atoms with van der Waals surface area (Å²) in [6.07, 6.45) is 6.88. The lowest BCUT2D eigenvalue weighted by atomic mass is 10.2. The number of carbonyl (C=O) groups excluding carboxylic acids is 2. The molecule has 0 spiro atoms. The first kappa shape index (κ1) is 25.7. The summed E-state index contributed by atoms with van der Waals surface area (Å²) < 4.78 is 12.3. The lowest BCUT2D eigenvalue weighted by molar-refractivity contribution is -0.142. The average molecular weight is 545 g/mol. The van der Waals surface area contributed by atoms with E-state index in [9.17, 15) is 9.59 Å². The van der Waals surface area contributed by atoms with E-state index in [1.807, 2.05) is 36.4 Å². The molecule has 2 saturated heterocycles. The summed E-state index contributed by atoms with van der Waals surface area (Å²) in [6.45, 7) is 3.16. The van der Waals surface area contributed by atoms with Gasteiger partial charge >= 0.3 is 0 Å². The molecule has 0 radical (unpaired) electrons. The first-order valence-corrected chi connectivity index (χ1v) is 13.4. The van der Waals surface area contributed by atoms with Gasteiger partial charge in [-0.3, -0.25) is 14.3 Å². The minimum Gasteiger partial charge on any atom is -0.497 e. The zero-order valence-corrected chi connectivity index (χ0v) is 22.3. The molecular weight excluding hydrogens is 512 g/mol. The molecular formula is C28H32N8O4. The summed E-state index contributed by atoms with van der Waals surface area (Å²) in [4.78, 5) is 38.5. The number of nitrogens with zero attached hydrogens (tertiary/aromatic N) is 5. The van der Waals surface area contributed by atoms with Crippen molar-refractivity contribution in [1.29, 1.82) is 0 Å². The van der Waals surface area contributed by atoms with Gasteiger partial charge in [0.15, 0.2) is 0 Å². The van der Waals surface area contributed by atoms with Crippen LogP contribution in [0.2, 0.25) is 0 Å². The van der Waals surface area contributed by atoms with Gasteiger partial charge in [-0.2, -0.15) is 0 Å². The van der Waals surface area contributed by atoms with Gasteiger partial charge in [-0.25, -0.2) is 9.97 Å². The Morgan fingerprint density at radius 3 is 2.75 bits per heavy atom. The smallest absolute Gasteiger partial charge is 0.272 e. The quantitative estimate of drug-likeness (QED) is 0.397. The van der Waals surface area contributed by atoms with E-state index in [1.54, 1.807) is 29.2 Å². The Hall–Kier alpha value is -4.58. The minimum absolute atomic E-state index is 0.0235. The molecule has 12 nitrogen and oxygen atoms in total. The van der Waals surface area contributed by atoms with Crippen LogP contribution in [0.3, 0.4) is 0 Å². The Bertz CT molecular complexity index is 1500. The molecule has 0 bridgehead atoms. The van der Waals surface area contributed by atoms with E-state index in [0.29, 0.717) is 51.0 Å². The van der Waals surface area contributed by atoms with Crippen LogP contribution in [0.5, 0.6) is 0 Å². The van der Waals surface area contributed by atoms with Gasteiger partial charge in [0.25, 0.3) is 11.8 Å². The van der Waals surface area contributed by atoms with Crippen LogP contribution in [0.15, 0.2) is 54.4 Å². The number of ether oxygens (including phenoxy) is 2. The fourth-order valence-corrected chi connectivity index (χ4v) is 5.27. The molecule has 3 aromatic rings. The van der Waals surface area contributed by atoms with Crippen LogP contribution in [0.1, 0.15) is 29.0 Å². The zero-order valence-electron chi connectivity index (χ0n) is 22.3. The summed E-state index contributed by atoms with van der Waals surface area (Å²) in [5, 5.41) is 7.35. The largest absolute Gasteiger partial charge is 0.497 e. The van der Waals surface area contributed by atoms with Crippen LogP contribution in [-0.2, 0) is 14.3 Å². The van der Waals surface area contributed by atoms with Crippen LogP contribution in [0.4, 0.5) is 11.6 Å². The molecule has 2 fully saturated rings. The van der Waals surface area contributed by atoms with Crippen molar-refractivity contribution >= 4 is 40.1 Å². The third-order valence-electron chi connectivity index (χ3n) is 7.45. The number of nitrogens with two attached hydrogens (primary N) is 1. The molecule has 0 saturated carbocycles. The van der Waals surface area contributed by atoms with Gasteiger partial charge in [0.1, 0.15) is 17.6 Å². The molecule has 0 unspecified atom stereocenters. The van der Waals surface area contributed by atoms with E-state index in [2.05, 4.69) is 20.6 Å². The monoisotopic (exact) mass is 544 g/mol. The van der Waals surface area contributed by atoms with Gasteiger partial charge in [-0.05, 0) is 49.2 Å². The zero-order chi connectivity index (χ0) is 27.6. The fourth-order valence-electron chi connectivity index (χ4n) is 5.27. The summed E-state index contributed by atoms with van der Waals surface area (Å²) in [5.41, 5.74) is 3.46. The maximum Gasteiger partial charge on any atom is 0.272 e. The molecule has 6 rings (SSSR count). The number of dihydropyridines is 1. The first-order valence-electron chi connectivity index (χ1n) is 13.4. The maximum atomic E-state index is 13.4. The second-order valence-corrected chi connectivity index (χ2v) is 9.93. The third kappa shape index (κ3) is 5.05. The van der Waals surface area contributed by atoms with E-state index in [0.717, 1.165) is 46.6 Å². The van der Waals surface area contributed by atoms with Crippen molar-refractivity contribution in [2.24, 2.45) is 0 Å². The Morgan fingerprint density at radius 2 is 1.98 bits per heavy atom. The predicted octanol–water partition coefficient (Wildman–Crippen LogP) is 1.83. The Balaban J connectivity index is 1.14. The van der Waals surface area contributed by atoms with E-state index in [-0.39, 0.29) is 17.9 Å². The Kier molecular flexibility index (Phi) is 6.99. The third-order valence-corrected chi connectivity index (χ3v) is 7.45. The highest BCUT2D eigenvalue weighted by atomic mass is 16.5. The number of aromatic nitrogens is 3. The van der Waals surface area contributed by atoms with Crippen molar-refractivity contribution < 1.29 is 19.1 Å². The number of anilines is 2. The van der Waals surface area contributed by atoms with Gasteiger partial charge in [0.05, 0.1) is 24.0 Å². The molecule has 1 atom stereocenters.